The normalized spacial score (nSPS) is 13.0. The Hall–Kier alpha value is -1.14. The molecular formula is C33H68N4O2. The highest BCUT2D eigenvalue weighted by Crippen LogP contribution is 2.11. The van der Waals surface area contributed by atoms with Crippen molar-refractivity contribution < 1.29 is 9.59 Å². The number of carbonyl (C=O) groups is 2. The number of nitrogens with one attached hydrogen (secondary N) is 3. The van der Waals surface area contributed by atoms with Crippen LogP contribution < -0.4 is 16.0 Å². The summed E-state index contributed by atoms with van der Waals surface area (Å²) in [5.74, 6) is 0.292. The minimum Gasteiger partial charge on any atom is -0.354 e. The number of amides is 2. The molecule has 0 saturated heterocycles. The van der Waals surface area contributed by atoms with Gasteiger partial charge in [-0.05, 0) is 33.7 Å². The second-order valence-corrected chi connectivity index (χ2v) is 12.0. The molecule has 2 unspecified atom stereocenters. The van der Waals surface area contributed by atoms with Crippen LogP contribution in [0.4, 0.5) is 0 Å². The fourth-order valence-electron chi connectivity index (χ4n) is 5.01. The van der Waals surface area contributed by atoms with Crippen LogP contribution in [-0.2, 0) is 9.59 Å². The molecule has 0 aromatic heterocycles. The zero-order valence-corrected chi connectivity index (χ0v) is 26.9. The Labute approximate surface area is 243 Å². The Morgan fingerprint density at radius 1 is 0.564 bits per heavy atom. The summed E-state index contributed by atoms with van der Waals surface area (Å²) in [5, 5.41) is 9.67. The topological polar surface area (TPSA) is 73.5 Å². The second kappa shape index (κ2) is 28.4. The molecule has 0 fully saturated rings. The van der Waals surface area contributed by atoms with Crippen molar-refractivity contribution in [3.8, 4) is 0 Å². The van der Waals surface area contributed by atoms with E-state index in [1.807, 2.05) is 0 Å². The van der Waals surface area contributed by atoms with Crippen molar-refractivity contribution in [2.45, 2.75) is 168 Å². The van der Waals surface area contributed by atoms with E-state index in [9.17, 15) is 9.59 Å². The highest BCUT2D eigenvalue weighted by atomic mass is 16.2. The Morgan fingerprint density at radius 2 is 0.974 bits per heavy atom. The number of unbranched alkanes of at least 4 members (excludes halogenated alkanes) is 14. The second-order valence-electron chi connectivity index (χ2n) is 12.0. The SMILES string of the molecule is CCCCCCCCCCC(C)NC(=O)CCNCCN(C)CCC(=O)NC(C)CCCCCCCCCC. The summed E-state index contributed by atoms with van der Waals surface area (Å²) in [5.41, 5.74) is 0. The summed E-state index contributed by atoms with van der Waals surface area (Å²) < 4.78 is 0. The van der Waals surface area contributed by atoms with Crippen molar-refractivity contribution in [2.75, 3.05) is 33.2 Å². The number of hydrogen-bond donors (Lipinski definition) is 3. The Morgan fingerprint density at radius 3 is 1.44 bits per heavy atom. The number of carbonyl (C=O) groups excluding carboxylic acids is 2. The maximum atomic E-state index is 12.3. The molecule has 2 atom stereocenters. The first kappa shape index (κ1) is 37.9. The fraction of sp³-hybridized carbons (Fsp3) is 0.939. The van der Waals surface area contributed by atoms with Gasteiger partial charge in [0.2, 0.25) is 11.8 Å². The summed E-state index contributed by atoms with van der Waals surface area (Å²) >= 11 is 0. The van der Waals surface area contributed by atoms with Gasteiger partial charge in [-0.3, -0.25) is 9.59 Å². The van der Waals surface area contributed by atoms with E-state index in [4.69, 9.17) is 0 Å². The lowest BCUT2D eigenvalue weighted by Crippen LogP contribution is -2.37. The molecule has 0 aromatic carbocycles. The first-order chi connectivity index (χ1) is 18.9. The average Bonchev–Trinajstić information content (AvgIpc) is 2.90. The maximum Gasteiger partial charge on any atom is 0.221 e. The van der Waals surface area contributed by atoms with Gasteiger partial charge in [0, 0.05) is 51.1 Å². The van der Waals surface area contributed by atoms with Crippen LogP contribution >= 0.6 is 0 Å². The molecule has 0 heterocycles. The molecule has 6 nitrogen and oxygen atoms in total. The molecule has 0 rings (SSSR count). The van der Waals surface area contributed by atoms with Crippen LogP contribution in [-0.4, -0.2) is 62.0 Å². The van der Waals surface area contributed by atoms with E-state index >= 15 is 0 Å². The van der Waals surface area contributed by atoms with Gasteiger partial charge < -0.3 is 20.9 Å². The van der Waals surface area contributed by atoms with Crippen LogP contribution in [0.2, 0.25) is 0 Å². The summed E-state index contributed by atoms with van der Waals surface area (Å²) in [4.78, 5) is 26.7. The van der Waals surface area contributed by atoms with Crippen molar-refractivity contribution in [3.63, 3.8) is 0 Å². The van der Waals surface area contributed by atoms with Crippen molar-refractivity contribution in [1.29, 1.82) is 0 Å². The third kappa shape index (κ3) is 28.2. The highest BCUT2D eigenvalue weighted by Gasteiger charge is 2.09. The zero-order valence-electron chi connectivity index (χ0n) is 26.9. The predicted molar refractivity (Wildman–Crippen MR) is 169 cm³/mol. The van der Waals surface area contributed by atoms with Gasteiger partial charge in [-0.1, -0.05) is 117 Å². The molecule has 0 spiro atoms. The van der Waals surface area contributed by atoms with Gasteiger partial charge in [0.05, 0.1) is 0 Å². The van der Waals surface area contributed by atoms with Gasteiger partial charge in [-0.25, -0.2) is 0 Å². The van der Waals surface area contributed by atoms with E-state index < -0.39 is 0 Å². The highest BCUT2D eigenvalue weighted by molar-refractivity contribution is 5.76. The standard InChI is InChI=1S/C33H68N4O2/c1-6-8-10-12-14-16-18-20-22-30(3)35-32(38)24-26-34-27-29-37(5)28-25-33(39)36-31(4)23-21-19-17-15-13-11-9-7-2/h30-31,34H,6-29H2,1-5H3,(H,35,38)(H,36,39). The lowest BCUT2D eigenvalue weighted by atomic mass is 10.1. The van der Waals surface area contributed by atoms with Crippen molar-refractivity contribution in [1.82, 2.24) is 20.9 Å². The summed E-state index contributed by atoms with van der Waals surface area (Å²) in [7, 11) is 2.05. The summed E-state index contributed by atoms with van der Waals surface area (Å²) in [6, 6.07) is 0.525. The van der Waals surface area contributed by atoms with E-state index in [1.165, 1.54) is 103 Å². The van der Waals surface area contributed by atoms with Crippen LogP contribution in [0.25, 0.3) is 0 Å². The molecule has 0 aromatic rings. The average molecular weight is 553 g/mol. The van der Waals surface area contributed by atoms with Gasteiger partial charge in [-0.2, -0.15) is 0 Å². The molecule has 0 radical (unpaired) electrons. The minimum atomic E-state index is 0.140. The molecule has 2 amide bonds. The van der Waals surface area contributed by atoms with Crippen molar-refractivity contribution in [2.24, 2.45) is 0 Å². The van der Waals surface area contributed by atoms with Crippen LogP contribution in [0.1, 0.15) is 156 Å². The monoisotopic (exact) mass is 553 g/mol. The molecule has 0 bridgehead atoms. The molecular weight excluding hydrogens is 484 g/mol. The molecule has 0 aliphatic rings. The van der Waals surface area contributed by atoms with E-state index in [0.29, 0.717) is 19.4 Å². The Kier molecular flexibility index (Phi) is 27.6. The number of likely N-dealkylation sites (N-methyl/N-ethyl adjacent to an activating group) is 1. The van der Waals surface area contributed by atoms with Crippen molar-refractivity contribution in [3.05, 3.63) is 0 Å². The third-order valence-corrected chi connectivity index (χ3v) is 7.72. The van der Waals surface area contributed by atoms with E-state index in [2.05, 4.69) is 55.6 Å². The van der Waals surface area contributed by atoms with Crippen LogP contribution in [0.15, 0.2) is 0 Å². The van der Waals surface area contributed by atoms with Crippen LogP contribution in [0, 0.1) is 0 Å². The molecule has 232 valence electrons. The van der Waals surface area contributed by atoms with E-state index in [1.54, 1.807) is 0 Å². The van der Waals surface area contributed by atoms with Gasteiger partial charge in [0.25, 0.3) is 0 Å². The predicted octanol–water partition coefficient (Wildman–Crippen LogP) is 7.36. The van der Waals surface area contributed by atoms with Gasteiger partial charge in [-0.15, -0.1) is 0 Å². The van der Waals surface area contributed by atoms with E-state index in [-0.39, 0.29) is 23.9 Å². The van der Waals surface area contributed by atoms with Gasteiger partial charge in [0.15, 0.2) is 0 Å². The molecule has 0 saturated carbocycles. The Balaban J connectivity index is 3.61. The first-order valence-electron chi connectivity index (χ1n) is 16.9. The van der Waals surface area contributed by atoms with Gasteiger partial charge in [0.1, 0.15) is 0 Å². The minimum absolute atomic E-state index is 0.140. The van der Waals surface area contributed by atoms with Crippen LogP contribution in [0.3, 0.4) is 0 Å². The van der Waals surface area contributed by atoms with Gasteiger partial charge >= 0.3 is 0 Å². The van der Waals surface area contributed by atoms with Crippen LogP contribution in [0.5, 0.6) is 0 Å². The molecule has 3 N–H and O–H groups in total. The largest absolute Gasteiger partial charge is 0.354 e. The molecule has 0 aliphatic heterocycles. The third-order valence-electron chi connectivity index (χ3n) is 7.72. The number of hydrogen-bond acceptors (Lipinski definition) is 4. The van der Waals surface area contributed by atoms with Crippen molar-refractivity contribution >= 4 is 11.8 Å². The summed E-state index contributed by atoms with van der Waals surface area (Å²) in [6.45, 7) is 11.9. The molecule has 6 heteroatoms. The lowest BCUT2D eigenvalue weighted by molar-refractivity contribution is -0.122. The fourth-order valence-corrected chi connectivity index (χ4v) is 5.01. The quantitative estimate of drug-likeness (QED) is 0.0848. The molecule has 39 heavy (non-hydrogen) atoms. The lowest BCUT2D eigenvalue weighted by Gasteiger charge is -2.18. The number of nitrogens with zero attached hydrogens (tertiary/aromatic N) is 1. The van der Waals surface area contributed by atoms with E-state index in [0.717, 1.165) is 32.5 Å². The first-order valence-corrected chi connectivity index (χ1v) is 16.9. The summed E-state index contributed by atoms with van der Waals surface area (Å²) in [6.07, 6.45) is 24.4. The maximum absolute atomic E-state index is 12.3. The smallest absolute Gasteiger partial charge is 0.221 e. The Bertz CT molecular complexity index is 558. The zero-order chi connectivity index (χ0) is 29.0. The molecule has 0 aliphatic carbocycles. The number of rotatable bonds is 29.